The van der Waals surface area contributed by atoms with Gasteiger partial charge in [-0.15, -0.1) is 0 Å². The van der Waals surface area contributed by atoms with Crippen molar-refractivity contribution in [2.75, 3.05) is 24.3 Å². The number of pyridine rings is 1. The van der Waals surface area contributed by atoms with E-state index in [1.165, 1.54) is 42.1 Å². The molecule has 1 aromatic heterocycles. The lowest BCUT2D eigenvalue weighted by atomic mass is 9.76. The van der Waals surface area contributed by atoms with Crippen molar-refractivity contribution in [3.8, 4) is 5.75 Å². The van der Waals surface area contributed by atoms with Crippen LogP contribution in [0.3, 0.4) is 0 Å². The number of nitrogens with two attached hydrogens (primary N) is 1. The molecular weight excluding hydrogens is 433 g/mol. The van der Waals surface area contributed by atoms with Crippen molar-refractivity contribution in [2.24, 2.45) is 16.6 Å². The van der Waals surface area contributed by atoms with E-state index in [1.54, 1.807) is 0 Å². The normalized spacial score (nSPS) is 23.1. The molecular formula is C20H19F3N4O3S. The van der Waals surface area contributed by atoms with E-state index in [4.69, 9.17) is 10.5 Å². The number of thioether (sulfide) groups is 1. The van der Waals surface area contributed by atoms with E-state index in [1.807, 2.05) is 0 Å². The number of nitrogens with one attached hydrogen (secondary N) is 1. The van der Waals surface area contributed by atoms with Gasteiger partial charge < -0.3 is 20.5 Å². The Hall–Kier alpha value is -2.79. The molecule has 2 aliphatic heterocycles. The smallest absolute Gasteiger partial charge is 0.387 e. The SMILES string of the molecule is NC1=NC2(c3cc(NC(=O)c4ccc(OC(F)F)cn4)ccc3F)COCCC2CS1. The first kappa shape index (κ1) is 21.4. The van der Waals surface area contributed by atoms with Crippen LogP contribution in [0.15, 0.2) is 41.5 Å². The zero-order chi connectivity index (χ0) is 22.0. The molecule has 0 bridgehead atoms. The Morgan fingerprint density at radius 3 is 2.94 bits per heavy atom. The number of ether oxygens (including phenoxy) is 2. The van der Waals surface area contributed by atoms with Crippen molar-refractivity contribution in [2.45, 2.75) is 18.6 Å². The first-order chi connectivity index (χ1) is 14.9. The maximum atomic E-state index is 14.9. The van der Waals surface area contributed by atoms with Crippen LogP contribution in [0.2, 0.25) is 0 Å². The Kier molecular flexibility index (Phi) is 6.05. The lowest BCUT2D eigenvalue weighted by Crippen LogP contribution is -2.48. The minimum Gasteiger partial charge on any atom is -0.433 e. The third-order valence-corrected chi connectivity index (χ3v) is 6.19. The van der Waals surface area contributed by atoms with Gasteiger partial charge in [0.2, 0.25) is 0 Å². The Bertz CT molecular complexity index is 1010. The number of nitrogens with zero attached hydrogens (tertiary/aromatic N) is 2. The number of amides is 1. The van der Waals surface area contributed by atoms with E-state index >= 15 is 0 Å². The molecule has 0 radical (unpaired) electrons. The summed E-state index contributed by atoms with van der Waals surface area (Å²) in [7, 11) is 0. The van der Waals surface area contributed by atoms with Gasteiger partial charge in [0, 0.05) is 29.5 Å². The van der Waals surface area contributed by atoms with E-state index in [2.05, 4.69) is 20.0 Å². The van der Waals surface area contributed by atoms with Crippen LogP contribution in [0.5, 0.6) is 5.75 Å². The van der Waals surface area contributed by atoms with Gasteiger partial charge in [0.15, 0.2) is 5.17 Å². The van der Waals surface area contributed by atoms with Gasteiger partial charge in [-0.3, -0.25) is 4.79 Å². The molecule has 1 saturated heterocycles. The standard InChI is InChI=1S/C20H19F3N4O3S/c21-15-3-1-12(26-17(28)16-4-2-13(8-25-16)30-18(22)23)7-14(15)20-10-29-6-5-11(20)9-31-19(24)27-20/h1-4,7-8,11,18H,5-6,9-10H2,(H2,24,27)(H,26,28). The molecule has 3 N–H and O–H groups in total. The fourth-order valence-electron chi connectivity index (χ4n) is 3.74. The van der Waals surface area contributed by atoms with Crippen LogP contribution in [0.25, 0.3) is 0 Å². The Balaban J connectivity index is 1.59. The second kappa shape index (κ2) is 8.75. The highest BCUT2D eigenvalue weighted by molar-refractivity contribution is 8.13. The second-order valence-corrected chi connectivity index (χ2v) is 8.17. The van der Waals surface area contributed by atoms with Crippen LogP contribution >= 0.6 is 11.8 Å². The monoisotopic (exact) mass is 452 g/mol. The van der Waals surface area contributed by atoms with Gasteiger partial charge in [-0.25, -0.2) is 14.4 Å². The number of aliphatic imine (C=N–C) groups is 1. The predicted octanol–water partition coefficient (Wildman–Crippen LogP) is 3.37. The fourth-order valence-corrected chi connectivity index (χ4v) is 4.79. The molecule has 1 amide bonds. The van der Waals surface area contributed by atoms with E-state index in [9.17, 15) is 18.0 Å². The Morgan fingerprint density at radius 2 is 2.19 bits per heavy atom. The molecule has 1 aromatic carbocycles. The first-order valence-corrected chi connectivity index (χ1v) is 10.4. The average Bonchev–Trinajstić information content (AvgIpc) is 2.75. The lowest BCUT2D eigenvalue weighted by Gasteiger charge is -2.43. The molecule has 2 aromatic rings. The van der Waals surface area contributed by atoms with Crippen molar-refractivity contribution in [1.82, 2.24) is 4.98 Å². The molecule has 4 rings (SSSR count). The van der Waals surface area contributed by atoms with Crippen molar-refractivity contribution in [1.29, 1.82) is 0 Å². The number of anilines is 1. The minimum atomic E-state index is -2.99. The van der Waals surface area contributed by atoms with Gasteiger partial charge >= 0.3 is 6.61 Å². The highest BCUT2D eigenvalue weighted by atomic mass is 32.2. The number of hydrogen-bond donors (Lipinski definition) is 2. The number of rotatable bonds is 5. The van der Waals surface area contributed by atoms with Crippen LogP contribution in [-0.2, 0) is 10.3 Å². The van der Waals surface area contributed by atoms with Gasteiger partial charge in [-0.05, 0) is 36.8 Å². The topological polar surface area (TPSA) is 98.8 Å². The number of benzene rings is 1. The molecule has 2 unspecified atom stereocenters. The van der Waals surface area contributed by atoms with Crippen molar-refractivity contribution < 1.29 is 27.4 Å². The van der Waals surface area contributed by atoms with Crippen molar-refractivity contribution in [3.05, 3.63) is 53.6 Å². The van der Waals surface area contributed by atoms with E-state index in [0.717, 1.165) is 12.6 Å². The molecule has 164 valence electrons. The van der Waals surface area contributed by atoms with E-state index in [0.29, 0.717) is 28.8 Å². The van der Waals surface area contributed by atoms with Gasteiger partial charge in [-0.2, -0.15) is 8.78 Å². The number of alkyl halides is 2. The second-order valence-electron chi connectivity index (χ2n) is 7.13. The Labute approximate surface area is 180 Å². The van der Waals surface area contributed by atoms with Gasteiger partial charge in [-0.1, -0.05) is 11.8 Å². The summed E-state index contributed by atoms with van der Waals surface area (Å²) >= 11 is 1.43. The molecule has 1 fully saturated rings. The first-order valence-electron chi connectivity index (χ1n) is 9.45. The van der Waals surface area contributed by atoms with Gasteiger partial charge in [0.1, 0.15) is 22.8 Å². The number of carbonyl (C=O) groups is 1. The van der Waals surface area contributed by atoms with Crippen LogP contribution < -0.4 is 15.8 Å². The van der Waals surface area contributed by atoms with Crippen LogP contribution in [0.4, 0.5) is 18.9 Å². The van der Waals surface area contributed by atoms with Gasteiger partial charge in [0.25, 0.3) is 5.91 Å². The Morgan fingerprint density at radius 1 is 1.35 bits per heavy atom. The largest absolute Gasteiger partial charge is 0.433 e. The van der Waals surface area contributed by atoms with Crippen molar-refractivity contribution in [3.63, 3.8) is 0 Å². The average molecular weight is 452 g/mol. The molecule has 2 atom stereocenters. The van der Waals surface area contributed by atoms with E-state index < -0.39 is 23.9 Å². The summed E-state index contributed by atoms with van der Waals surface area (Å²) in [4.78, 5) is 20.9. The van der Waals surface area contributed by atoms with Crippen LogP contribution in [-0.4, -0.2) is 41.6 Å². The fraction of sp³-hybridized carbons (Fsp3) is 0.350. The molecule has 3 heterocycles. The maximum absolute atomic E-state index is 14.9. The number of amidine groups is 1. The summed E-state index contributed by atoms with van der Waals surface area (Å²) < 4.78 is 49.2. The molecule has 7 nitrogen and oxygen atoms in total. The van der Waals surface area contributed by atoms with E-state index in [-0.39, 0.29) is 24.0 Å². The molecule has 0 aliphatic carbocycles. The maximum Gasteiger partial charge on any atom is 0.387 e. The quantitative estimate of drug-likeness (QED) is 0.722. The van der Waals surface area contributed by atoms with Crippen LogP contribution in [0.1, 0.15) is 22.5 Å². The summed E-state index contributed by atoms with van der Waals surface area (Å²) in [6.45, 7) is -2.22. The summed E-state index contributed by atoms with van der Waals surface area (Å²) in [5, 5.41) is 3.01. The third kappa shape index (κ3) is 4.47. The van der Waals surface area contributed by atoms with Crippen molar-refractivity contribution >= 4 is 28.5 Å². The number of aromatic nitrogens is 1. The number of hydrogen-bond acceptors (Lipinski definition) is 7. The molecule has 2 aliphatic rings. The molecule has 31 heavy (non-hydrogen) atoms. The highest BCUT2D eigenvalue weighted by Crippen LogP contribution is 2.45. The number of halogens is 3. The summed E-state index contributed by atoms with van der Waals surface area (Å²) in [6.07, 6.45) is 1.74. The zero-order valence-electron chi connectivity index (χ0n) is 16.2. The summed E-state index contributed by atoms with van der Waals surface area (Å²) in [5.74, 6) is -0.473. The lowest BCUT2D eigenvalue weighted by molar-refractivity contribution is -0.0500. The predicted molar refractivity (Wildman–Crippen MR) is 110 cm³/mol. The molecule has 0 spiro atoms. The highest BCUT2D eigenvalue weighted by Gasteiger charge is 2.47. The molecule has 0 saturated carbocycles. The number of carbonyl (C=O) groups excluding carboxylic acids is 1. The molecule has 11 heteroatoms. The zero-order valence-corrected chi connectivity index (χ0v) is 17.0. The van der Waals surface area contributed by atoms with Gasteiger partial charge in [0.05, 0.1) is 12.8 Å². The third-order valence-electron chi connectivity index (χ3n) is 5.24. The minimum absolute atomic E-state index is 0.0131. The van der Waals surface area contributed by atoms with Crippen LogP contribution in [0, 0.1) is 11.7 Å². The number of fused-ring (bicyclic) bond motifs is 1. The summed E-state index contributed by atoms with van der Waals surface area (Å²) in [5.41, 5.74) is 5.62. The summed E-state index contributed by atoms with van der Waals surface area (Å²) in [6, 6.07) is 6.67.